The molecule has 1 aromatic heterocycles. The minimum atomic E-state index is -1.03. The first-order valence-corrected chi connectivity index (χ1v) is 9.65. The van der Waals surface area contributed by atoms with Crippen molar-refractivity contribution in [1.82, 2.24) is 15.2 Å². The smallest absolute Gasteiger partial charge is 0.326 e. The van der Waals surface area contributed by atoms with Crippen LogP contribution in [0.2, 0.25) is 0 Å². The molecule has 1 fully saturated rings. The van der Waals surface area contributed by atoms with Crippen molar-refractivity contribution >= 4 is 11.9 Å². The van der Waals surface area contributed by atoms with Gasteiger partial charge in [-0.05, 0) is 31.9 Å². The Bertz CT molecular complexity index is 886. The van der Waals surface area contributed by atoms with Gasteiger partial charge in [-0.2, -0.15) is 0 Å². The molecule has 0 bridgehead atoms. The Balaban J connectivity index is 0.00000145. The summed E-state index contributed by atoms with van der Waals surface area (Å²) in [5, 5.41) is 12.3. The lowest BCUT2D eigenvalue weighted by molar-refractivity contribution is -0.146. The Kier molecular flexibility index (Phi) is 7.77. The van der Waals surface area contributed by atoms with Crippen molar-refractivity contribution in [2.45, 2.75) is 46.2 Å². The van der Waals surface area contributed by atoms with Crippen LogP contribution >= 0.6 is 0 Å². The number of hydrogen-bond acceptors (Lipinski definition) is 5. The summed E-state index contributed by atoms with van der Waals surface area (Å²) in [7, 11) is 0. The fourth-order valence-electron chi connectivity index (χ4n) is 3.01. The van der Waals surface area contributed by atoms with Gasteiger partial charge in [-0.15, -0.1) is 0 Å². The number of aromatic nitrogens is 1. The molecule has 1 saturated heterocycles. The van der Waals surface area contributed by atoms with Gasteiger partial charge in [0.05, 0.1) is 17.9 Å². The average Bonchev–Trinajstić information content (AvgIpc) is 3.37. The summed E-state index contributed by atoms with van der Waals surface area (Å²) in [6.45, 7) is 9.81. The van der Waals surface area contributed by atoms with Crippen molar-refractivity contribution in [2.75, 3.05) is 0 Å². The molecule has 7 nitrogen and oxygen atoms in total. The third kappa shape index (κ3) is 5.13. The van der Waals surface area contributed by atoms with Crippen molar-refractivity contribution in [3.8, 4) is 11.5 Å². The molecular weight excluding hydrogens is 370 g/mol. The van der Waals surface area contributed by atoms with Crippen LogP contribution in [0, 0.1) is 0 Å². The summed E-state index contributed by atoms with van der Waals surface area (Å²) in [6, 6.07) is 8.63. The quantitative estimate of drug-likeness (QED) is 0.717. The van der Waals surface area contributed by atoms with Gasteiger partial charge in [0.15, 0.2) is 0 Å². The number of nitrogens with zero attached hydrogens (tertiary/aromatic N) is 2. The van der Waals surface area contributed by atoms with Crippen LogP contribution in [0.15, 0.2) is 65.1 Å². The van der Waals surface area contributed by atoms with E-state index < -0.39 is 17.9 Å². The van der Waals surface area contributed by atoms with E-state index in [1.54, 1.807) is 13.0 Å². The number of amides is 1. The van der Waals surface area contributed by atoms with Gasteiger partial charge in [0.25, 0.3) is 5.91 Å². The first-order chi connectivity index (χ1) is 14.0. The number of nitrogens with one attached hydrogen (secondary N) is 1. The van der Waals surface area contributed by atoms with Crippen molar-refractivity contribution in [3.63, 3.8) is 0 Å². The molecule has 1 aliphatic heterocycles. The Morgan fingerprint density at radius 1 is 1.34 bits per heavy atom. The van der Waals surface area contributed by atoms with E-state index in [0.717, 1.165) is 5.56 Å². The number of allylic oxidation sites excluding steroid dienone is 2. The highest BCUT2D eigenvalue weighted by Crippen LogP contribution is 2.27. The minimum Gasteiger partial charge on any atom is -0.480 e. The number of carbonyl (C=O) groups excluding carboxylic acids is 1. The molecule has 7 heteroatoms. The van der Waals surface area contributed by atoms with Crippen LogP contribution in [0.4, 0.5) is 0 Å². The fourth-order valence-corrected chi connectivity index (χ4v) is 3.01. The van der Waals surface area contributed by atoms with Crippen LogP contribution in [0.25, 0.3) is 11.5 Å². The number of benzene rings is 1. The van der Waals surface area contributed by atoms with Gasteiger partial charge in [-0.3, -0.25) is 9.69 Å². The van der Waals surface area contributed by atoms with E-state index in [1.807, 2.05) is 44.2 Å². The van der Waals surface area contributed by atoms with Gasteiger partial charge in [0.1, 0.15) is 12.3 Å². The Morgan fingerprint density at radius 2 is 2.03 bits per heavy atom. The van der Waals surface area contributed by atoms with Crippen LogP contribution in [-0.4, -0.2) is 32.9 Å². The number of oxazole rings is 1. The molecule has 2 N–H and O–H groups in total. The van der Waals surface area contributed by atoms with Gasteiger partial charge < -0.3 is 14.8 Å². The zero-order valence-electron chi connectivity index (χ0n) is 17.0. The summed E-state index contributed by atoms with van der Waals surface area (Å²) in [5.41, 5.74) is 2.31. The van der Waals surface area contributed by atoms with Crippen LogP contribution in [0.1, 0.15) is 39.3 Å². The van der Waals surface area contributed by atoms with E-state index in [4.69, 9.17) is 4.42 Å². The standard InChI is InChI=1S/C20H21N3O4.C2H6/c1-3-16(19(24)23-13(2)9-10-17(23)20(25)26)21-11-15-12-27-18(22-15)14-7-5-4-6-8-14;1-2/h3-8,12,17,21H,2,9-11H2,1H3,(H,25,26);1-2H3/b16-3+;. The van der Waals surface area contributed by atoms with Gasteiger partial charge in [0.2, 0.25) is 5.89 Å². The Labute approximate surface area is 170 Å². The second-order valence-corrected chi connectivity index (χ2v) is 6.20. The van der Waals surface area contributed by atoms with Crippen LogP contribution in [0.5, 0.6) is 0 Å². The number of likely N-dealkylation sites (tertiary alicyclic amines) is 1. The summed E-state index contributed by atoms with van der Waals surface area (Å²) < 4.78 is 5.48. The first-order valence-electron chi connectivity index (χ1n) is 9.65. The zero-order chi connectivity index (χ0) is 21.4. The number of rotatable bonds is 6. The van der Waals surface area contributed by atoms with Gasteiger partial charge in [-0.1, -0.05) is 44.7 Å². The number of carboxylic acid groups (broad SMARTS) is 1. The summed E-state index contributed by atoms with van der Waals surface area (Å²) >= 11 is 0. The highest BCUT2D eigenvalue weighted by molar-refractivity contribution is 5.97. The summed E-state index contributed by atoms with van der Waals surface area (Å²) in [5.74, 6) is -0.930. The maximum atomic E-state index is 12.8. The summed E-state index contributed by atoms with van der Waals surface area (Å²) in [6.07, 6.45) is 4.01. The summed E-state index contributed by atoms with van der Waals surface area (Å²) in [4.78, 5) is 29.8. The van der Waals surface area contributed by atoms with Gasteiger partial charge >= 0.3 is 5.97 Å². The van der Waals surface area contributed by atoms with Crippen molar-refractivity contribution in [3.05, 3.63) is 66.3 Å². The van der Waals surface area contributed by atoms with Crippen molar-refractivity contribution < 1.29 is 19.1 Å². The van der Waals surface area contributed by atoms with Crippen molar-refractivity contribution in [2.24, 2.45) is 0 Å². The largest absolute Gasteiger partial charge is 0.480 e. The molecule has 2 aromatic rings. The topological polar surface area (TPSA) is 95.7 Å². The van der Waals surface area contributed by atoms with Gasteiger partial charge in [-0.25, -0.2) is 9.78 Å². The van der Waals surface area contributed by atoms with E-state index in [0.29, 0.717) is 35.8 Å². The monoisotopic (exact) mass is 397 g/mol. The molecular formula is C22H27N3O4. The fraction of sp³-hybridized carbons (Fsp3) is 0.318. The highest BCUT2D eigenvalue weighted by Gasteiger charge is 2.37. The molecule has 154 valence electrons. The van der Waals surface area contributed by atoms with Crippen LogP contribution in [-0.2, 0) is 16.1 Å². The molecule has 0 radical (unpaired) electrons. The molecule has 1 atom stereocenters. The maximum Gasteiger partial charge on any atom is 0.326 e. The predicted octanol–water partition coefficient (Wildman–Crippen LogP) is 3.95. The minimum absolute atomic E-state index is 0.278. The normalized spacial score (nSPS) is 16.2. The van der Waals surface area contributed by atoms with E-state index in [9.17, 15) is 14.7 Å². The lowest BCUT2D eigenvalue weighted by Gasteiger charge is -2.24. The van der Waals surface area contributed by atoms with Crippen molar-refractivity contribution in [1.29, 1.82) is 0 Å². The predicted molar refractivity (Wildman–Crippen MR) is 111 cm³/mol. The number of carboxylic acids is 1. The molecule has 29 heavy (non-hydrogen) atoms. The van der Waals surface area contributed by atoms with E-state index in [-0.39, 0.29) is 6.54 Å². The average molecular weight is 397 g/mol. The molecule has 3 rings (SSSR count). The third-order valence-electron chi connectivity index (χ3n) is 4.41. The van der Waals surface area contributed by atoms with E-state index >= 15 is 0 Å². The molecule has 1 aromatic carbocycles. The maximum absolute atomic E-state index is 12.8. The van der Waals surface area contributed by atoms with E-state index in [1.165, 1.54) is 11.2 Å². The first kappa shape index (κ1) is 21.9. The highest BCUT2D eigenvalue weighted by atomic mass is 16.4. The molecule has 1 aliphatic rings. The SMILES string of the molecule is C=C1CCC(C(=O)O)N1C(=O)/C(=C\C)NCc1coc(-c2ccccc2)n1.CC. The van der Waals surface area contributed by atoms with E-state index in [2.05, 4.69) is 16.9 Å². The molecule has 1 unspecified atom stereocenters. The Hall–Kier alpha value is -3.35. The lowest BCUT2D eigenvalue weighted by Crippen LogP contribution is -2.42. The molecule has 0 aliphatic carbocycles. The van der Waals surface area contributed by atoms with Crippen LogP contribution < -0.4 is 5.32 Å². The second kappa shape index (κ2) is 10.3. The van der Waals surface area contributed by atoms with Gasteiger partial charge in [0, 0.05) is 11.3 Å². The molecule has 2 heterocycles. The third-order valence-corrected chi connectivity index (χ3v) is 4.41. The second-order valence-electron chi connectivity index (χ2n) is 6.20. The molecule has 1 amide bonds. The number of hydrogen-bond donors (Lipinski definition) is 2. The van der Waals surface area contributed by atoms with Crippen LogP contribution in [0.3, 0.4) is 0 Å². The lowest BCUT2D eigenvalue weighted by atomic mass is 10.2. The Morgan fingerprint density at radius 3 is 2.66 bits per heavy atom. The molecule has 0 saturated carbocycles. The molecule has 0 spiro atoms. The zero-order valence-corrected chi connectivity index (χ0v) is 17.0. The number of carbonyl (C=O) groups is 2. The number of aliphatic carboxylic acids is 1.